The quantitative estimate of drug-likeness (QED) is 0.305. The highest BCUT2D eigenvalue weighted by Crippen LogP contribution is 2.36. The van der Waals surface area contributed by atoms with Crippen LogP contribution in [0.5, 0.6) is 11.5 Å². The number of aromatic nitrogens is 1. The highest BCUT2D eigenvalue weighted by molar-refractivity contribution is 14.0. The molecule has 0 unspecified atom stereocenters. The van der Waals surface area contributed by atoms with Crippen LogP contribution >= 0.6 is 35.6 Å². The molecule has 0 bridgehead atoms. The average Bonchev–Trinajstić information content (AvgIpc) is 3.13. The van der Waals surface area contributed by atoms with E-state index in [2.05, 4.69) is 34.6 Å². The van der Waals surface area contributed by atoms with Gasteiger partial charge in [-0.1, -0.05) is 30.6 Å². The van der Waals surface area contributed by atoms with Gasteiger partial charge in [0.05, 0.1) is 31.0 Å². The van der Waals surface area contributed by atoms with E-state index in [0.717, 1.165) is 17.0 Å². The molecule has 28 heavy (non-hydrogen) atoms. The minimum absolute atomic E-state index is 0. The van der Waals surface area contributed by atoms with E-state index in [-0.39, 0.29) is 24.0 Å². The van der Waals surface area contributed by atoms with Gasteiger partial charge in [-0.2, -0.15) is 0 Å². The lowest BCUT2D eigenvalue weighted by molar-refractivity contribution is 0.311. The molecule has 1 aromatic carbocycles. The summed E-state index contributed by atoms with van der Waals surface area (Å²) in [5.74, 6) is 2.89. The zero-order chi connectivity index (χ0) is 19.8. The van der Waals surface area contributed by atoms with Gasteiger partial charge < -0.3 is 24.6 Å². The van der Waals surface area contributed by atoms with Crippen molar-refractivity contribution in [2.75, 3.05) is 20.8 Å². The molecule has 0 saturated carbocycles. The Balaban J connectivity index is 0.00000392. The van der Waals surface area contributed by atoms with Crippen LogP contribution in [0.25, 0.3) is 0 Å². The van der Waals surface area contributed by atoms with Crippen LogP contribution in [0.3, 0.4) is 0 Å². The van der Waals surface area contributed by atoms with Crippen LogP contribution < -0.4 is 20.1 Å². The maximum Gasteiger partial charge on any atom is 0.191 e. The fourth-order valence-electron chi connectivity index (χ4n) is 2.42. The molecule has 9 heteroatoms. The van der Waals surface area contributed by atoms with Crippen molar-refractivity contribution >= 4 is 41.5 Å². The minimum Gasteiger partial charge on any atom is -0.493 e. The molecule has 0 aliphatic rings. The van der Waals surface area contributed by atoms with Gasteiger partial charge in [-0.25, -0.2) is 0 Å². The SMILES string of the molecule is CCOc1c(Cl)cc(CNC(=NC)NCc2cc(C(C)C)no2)cc1OC.I. The molecule has 0 atom stereocenters. The van der Waals surface area contributed by atoms with Crippen LogP contribution in [0.4, 0.5) is 0 Å². The summed E-state index contributed by atoms with van der Waals surface area (Å²) < 4.78 is 16.2. The minimum atomic E-state index is 0. The van der Waals surface area contributed by atoms with E-state index in [1.165, 1.54) is 0 Å². The van der Waals surface area contributed by atoms with Crippen LogP contribution in [0, 0.1) is 0 Å². The number of ether oxygens (including phenoxy) is 2. The van der Waals surface area contributed by atoms with Gasteiger partial charge in [0.1, 0.15) is 0 Å². The molecule has 2 aromatic rings. The Morgan fingerprint density at radius 3 is 2.54 bits per heavy atom. The number of hydrogen-bond donors (Lipinski definition) is 2. The molecule has 0 spiro atoms. The highest BCUT2D eigenvalue weighted by atomic mass is 127. The van der Waals surface area contributed by atoms with Crippen molar-refractivity contribution in [3.63, 3.8) is 0 Å². The van der Waals surface area contributed by atoms with E-state index in [4.69, 9.17) is 25.6 Å². The van der Waals surface area contributed by atoms with Crippen molar-refractivity contribution in [3.8, 4) is 11.5 Å². The number of nitrogens with zero attached hydrogens (tertiary/aromatic N) is 2. The number of halogens is 2. The van der Waals surface area contributed by atoms with E-state index in [9.17, 15) is 0 Å². The van der Waals surface area contributed by atoms with E-state index in [1.54, 1.807) is 14.2 Å². The third kappa shape index (κ3) is 6.73. The van der Waals surface area contributed by atoms with Gasteiger partial charge in [0.15, 0.2) is 23.2 Å². The summed E-state index contributed by atoms with van der Waals surface area (Å²) in [4.78, 5) is 4.22. The van der Waals surface area contributed by atoms with Gasteiger partial charge in [-0.05, 0) is 30.5 Å². The normalized spacial score (nSPS) is 11.2. The van der Waals surface area contributed by atoms with Crippen molar-refractivity contribution in [1.29, 1.82) is 0 Å². The molecule has 0 saturated heterocycles. The van der Waals surface area contributed by atoms with E-state index >= 15 is 0 Å². The topological polar surface area (TPSA) is 80.9 Å². The zero-order valence-corrected chi connectivity index (χ0v) is 19.9. The van der Waals surface area contributed by atoms with Crippen LogP contribution in [0.1, 0.15) is 43.7 Å². The van der Waals surface area contributed by atoms with E-state index in [0.29, 0.717) is 48.1 Å². The Hall–Kier alpha value is -1.68. The van der Waals surface area contributed by atoms with Crippen molar-refractivity contribution in [3.05, 3.63) is 40.2 Å². The molecule has 7 nitrogen and oxygen atoms in total. The van der Waals surface area contributed by atoms with E-state index < -0.39 is 0 Å². The number of benzene rings is 1. The van der Waals surface area contributed by atoms with Gasteiger partial charge in [0.25, 0.3) is 0 Å². The summed E-state index contributed by atoms with van der Waals surface area (Å²) >= 11 is 6.31. The number of guanidine groups is 1. The fourth-order valence-corrected chi connectivity index (χ4v) is 2.71. The first-order chi connectivity index (χ1) is 13.0. The Morgan fingerprint density at radius 2 is 1.96 bits per heavy atom. The maximum absolute atomic E-state index is 6.31. The lowest BCUT2D eigenvalue weighted by Crippen LogP contribution is -2.36. The third-order valence-electron chi connectivity index (χ3n) is 3.86. The number of aliphatic imine (C=N–C) groups is 1. The highest BCUT2D eigenvalue weighted by Gasteiger charge is 2.12. The summed E-state index contributed by atoms with van der Waals surface area (Å²) in [5.41, 5.74) is 1.89. The standard InChI is InChI=1S/C19H27ClN4O3.HI/c1-6-26-18-15(20)7-13(8-17(18)25-5)10-22-19(21-4)23-11-14-9-16(12(2)3)24-27-14;/h7-9,12H,6,10-11H2,1-5H3,(H2,21,22,23);1H. The zero-order valence-electron chi connectivity index (χ0n) is 16.8. The summed E-state index contributed by atoms with van der Waals surface area (Å²) in [6.45, 7) is 7.59. The van der Waals surface area contributed by atoms with E-state index in [1.807, 2.05) is 25.1 Å². The molecule has 0 aliphatic heterocycles. The predicted molar refractivity (Wildman–Crippen MR) is 122 cm³/mol. The Bertz CT molecular complexity index is 781. The first-order valence-electron chi connectivity index (χ1n) is 8.87. The Labute approximate surface area is 188 Å². The van der Waals surface area contributed by atoms with Crippen molar-refractivity contribution in [2.24, 2.45) is 4.99 Å². The summed E-state index contributed by atoms with van der Waals surface area (Å²) in [5, 5.41) is 11.0. The molecule has 0 radical (unpaired) electrons. The predicted octanol–water partition coefficient (Wildman–Crippen LogP) is 4.34. The molecule has 1 aromatic heterocycles. The van der Waals surface area contributed by atoms with Gasteiger partial charge in [-0.15, -0.1) is 24.0 Å². The molecule has 156 valence electrons. The van der Waals surface area contributed by atoms with Gasteiger partial charge in [0, 0.05) is 19.7 Å². The molecular formula is C19H28ClIN4O3. The van der Waals surface area contributed by atoms with Crippen LogP contribution in [0.2, 0.25) is 5.02 Å². The van der Waals surface area contributed by atoms with Crippen molar-refractivity contribution in [2.45, 2.75) is 39.8 Å². The van der Waals surface area contributed by atoms with Gasteiger partial charge >= 0.3 is 0 Å². The van der Waals surface area contributed by atoms with Crippen molar-refractivity contribution in [1.82, 2.24) is 15.8 Å². The smallest absolute Gasteiger partial charge is 0.191 e. The number of hydrogen-bond acceptors (Lipinski definition) is 5. The largest absolute Gasteiger partial charge is 0.493 e. The Kier molecular flexibility index (Phi) is 10.4. The molecular weight excluding hydrogens is 495 g/mol. The van der Waals surface area contributed by atoms with Gasteiger partial charge in [0.2, 0.25) is 0 Å². The summed E-state index contributed by atoms with van der Waals surface area (Å²) in [7, 11) is 3.30. The van der Waals surface area contributed by atoms with Crippen LogP contribution in [-0.4, -0.2) is 31.9 Å². The average molecular weight is 523 g/mol. The fraction of sp³-hybridized carbons (Fsp3) is 0.474. The second kappa shape index (κ2) is 12.0. The lowest BCUT2D eigenvalue weighted by atomic mass is 10.1. The first kappa shape index (κ1) is 24.4. The Morgan fingerprint density at radius 1 is 1.25 bits per heavy atom. The maximum atomic E-state index is 6.31. The molecule has 0 amide bonds. The molecule has 2 rings (SSSR count). The third-order valence-corrected chi connectivity index (χ3v) is 4.14. The number of methoxy groups -OCH3 is 1. The number of rotatable bonds is 8. The monoisotopic (exact) mass is 522 g/mol. The molecule has 2 N–H and O–H groups in total. The molecule has 0 fully saturated rings. The second-order valence-corrected chi connectivity index (χ2v) is 6.60. The molecule has 0 aliphatic carbocycles. The number of nitrogens with one attached hydrogen (secondary N) is 2. The van der Waals surface area contributed by atoms with Crippen molar-refractivity contribution < 1.29 is 14.0 Å². The summed E-state index contributed by atoms with van der Waals surface area (Å²) in [6.07, 6.45) is 0. The lowest BCUT2D eigenvalue weighted by Gasteiger charge is -2.15. The second-order valence-electron chi connectivity index (χ2n) is 6.19. The first-order valence-corrected chi connectivity index (χ1v) is 9.25. The van der Waals surface area contributed by atoms with Crippen LogP contribution in [-0.2, 0) is 13.1 Å². The van der Waals surface area contributed by atoms with Crippen LogP contribution in [0.15, 0.2) is 27.7 Å². The molecule has 1 heterocycles. The van der Waals surface area contributed by atoms with Gasteiger partial charge in [-0.3, -0.25) is 4.99 Å². The summed E-state index contributed by atoms with van der Waals surface area (Å²) in [6, 6.07) is 5.69.